The van der Waals surface area contributed by atoms with Gasteiger partial charge in [0.1, 0.15) is 5.76 Å². The van der Waals surface area contributed by atoms with E-state index >= 15 is 0 Å². The van der Waals surface area contributed by atoms with Crippen molar-refractivity contribution in [2.75, 3.05) is 7.05 Å². The Hall–Kier alpha value is -0.580. The van der Waals surface area contributed by atoms with Gasteiger partial charge in [-0.25, -0.2) is 0 Å². The van der Waals surface area contributed by atoms with Gasteiger partial charge in [-0.05, 0) is 53.7 Å². The van der Waals surface area contributed by atoms with Gasteiger partial charge in [-0.1, -0.05) is 0 Å². The van der Waals surface area contributed by atoms with Gasteiger partial charge in [-0.3, -0.25) is 0 Å². The Morgan fingerprint density at radius 1 is 1.56 bits per heavy atom. The molecule has 0 saturated carbocycles. The highest BCUT2D eigenvalue weighted by Gasteiger charge is 2.15. The van der Waals surface area contributed by atoms with Gasteiger partial charge in [0.2, 0.25) is 0 Å². The number of aryl methyl sites for hydroxylation is 1. The van der Waals surface area contributed by atoms with Crippen LogP contribution in [0.4, 0.5) is 0 Å². The molecule has 0 aliphatic carbocycles. The molecule has 86 valence electrons. The molecule has 0 spiro atoms. The summed E-state index contributed by atoms with van der Waals surface area (Å²) in [5, 5.41) is 3.33. The first-order chi connectivity index (χ1) is 7.70. The van der Waals surface area contributed by atoms with E-state index in [4.69, 9.17) is 4.42 Å². The number of halogens is 1. The van der Waals surface area contributed by atoms with Gasteiger partial charge in [0.15, 0.2) is 0 Å². The maximum atomic E-state index is 5.38. The molecule has 1 N–H and O–H groups in total. The number of rotatable bonds is 4. The number of hydrogen-bond donors (Lipinski definition) is 1. The minimum absolute atomic E-state index is 0.321. The first-order valence-corrected chi connectivity index (χ1v) is 6.77. The van der Waals surface area contributed by atoms with Gasteiger partial charge in [0.05, 0.1) is 10.0 Å². The summed E-state index contributed by atoms with van der Waals surface area (Å²) >= 11 is 5.34. The summed E-state index contributed by atoms with van der Waals surface area (Å²) in [7, 11) is 1.98. The van der Waals surface area contributed by atoms with Crippen LogP contribution in [-0.4, -0.2) is 7.05 Å². The lowest BCUT2D eigenvalue weighted by atomic mass is 10.1. The van der Waals surface area contributed by atoms with E-state index in [9.17, 15) is 0 Å². The summed E-state index contributed by atoms with van der Waals surface area (Å²) in [4.78, 5) is 1.34. The van der Waals surface area contributed by atoms with E-state index in [1.165, 1.54) is 14.2 Å². The zero-order chi connectivity index (χ0) is 11.5. The Bertz CT molecular complexity index is 430. The predicted octanol–water partition coefficient (Wildman–Crippen LogP) is 3.92. The second-order valence-corrected chi connectivity index (χ2v) is 6.13. The van der Waals surface area contributed by atoms with Crippen LogP contribution in [0.1, 0.15) is 22.2 Å². The largest absolute Gasteiger partial charge is 0.469 e. The van der Waals surface area contributed by atoms with Crippen LogP contribution < -0.4 is 5.32 Å². The van der Waals surface area contributed by atoms with Crippen LogP contribution >= 0.6 is 27.3 Å². The molecule has 0 aromatic carbocycles. The third-order valence-corrected chi connectivity index (χ3v) is 4.80. The molecule has 2 heterocycles. The fourth-order valence-corrected chi connectivity index (χ4v) is 3.31. The third-order valence-electron chi connectivity index (χ3n) is 2.55. The first-order valence-electron chi connectivity index (χ1n) is 5.16. The summed E-state index contributed by atoms with van der Waals surface area (Å²) in [5.74, 6) is 1.02. The second-order valence-electron chi connectivity index (χ2n) is 3.73. The fraction of sp³-hybridized carbons (Fsp3) is 0.333. The van der Waals surface area contributed by atoms with E-state index in [0.29, 0.717) is 6.04 Å². The number of thiophene rings is 1. The molecule has 0 radical (unpaired) electrons. The van der Waals surface area contributed by atoms with Gasteiger partial charge in [-0.15, -0.1) is 11.3 Å². The maximum absolute atomic E-state index is 5.38. The summed E-state index contributed by atoms with van der Waals surface area (Å²) < 4.78 is 6.59. The molecule has 4 heteroatoms. The smallest absolute Gasteiger partial charge is 0.105 e. The fourth-order valence-electron chi connectivity index (χ4n) is 1.63. The minimum Gasteiger partial charge on any atom is -0.469 e. The van der Waals surface area contributed by atoms with E-state index in [1.54, 1.807) is 17.6 Å². The van der Waals surface area contributed by atoms with Gasteiger partial charge < -0.3 is 9.73 Å². The molecule has 1 atom stereocenters. The Labute approximate surface area is 108 Å². The van der Waals surface area contributed by atoms with Crippen molar-refractivity contribution in [2.45, 2.75) is 19.4 Å². The molecule has 0 fully saturated rings. The lowest BCUT2D eigenvalue weighted by Gasteiger charge is -2.12. The number of likely N-dealkylation sites (N-methyl/N-ethyl adjacent to an activating group) is 1. The predicted molar refractivity (Wildman–Crippen MR) is 71.0 cm³/mol. The maximum Gasteiger partial charge on any atom is 0.105 e. The van der Waals surface area contributed by atoms with Crippen molar-refractivity contribution >= 4 is 27.3 Å². The molecule has 0 aliphatic rings. The van der Waals surface area contributed by atoms with E-state index in [0.717, 1.165) is 12.2 Å². The summed E-state index contributed by atoms with van der Waals surface area (Å²) in [5.41, 5.74) is 1.29. The van der Waals surface area contributed by atoms with Crippen molar-refractivity contribution < 1.29 is 4.42 Å². The van der Waals surface area contributed by atoms with Crippen LogP contribution in [0.15, 0.2) is 32.7 Å². The highest BCUT2D eigenvalue weighted by Crippen LogP contribution is 2.32. The van der Waals surface area contributed by atoms with Gasteiger partial charge in [0, 0.05) is 17.3 Å². The first kappa shape index (κ1) is 11.9. The van der Waals surface area contributed by atoms with Crippen molar-refractivity contribution in [2.24, 2.45) is 0 Å². The molecule has 2 rings (SSSR count). The second kappa shape index (κ2) is 5.17. The number of hydrogen-bond acceptors (Lipinski definition) is 3. The van der Waals surface area contributed by atoms with Gasteiger partial charge in [-0.2, -0.15) is 0 Å². The zero-order valence-electron chi connectivity index (χ0n) is 9.29. The van der Waals surface area contributed by atoms with Gasteiger partial charge >= 0.3 is 0 Å². The molecule has 2 aromatic heterocycles. The topological polar surface area (TPSA) is 25.2 Å². The molecular formula is C12H14BrNOS. The van der Waals surface area contributed by atoms with Crippen molar-refractivity contribution in [3.8, 4) is 0 Å². The van der Waals surface area contributed by atoms with Crippen LogP contribution in [0.25, 0.3) is 0 Å². The Balaban J connectivity index is 2.16. The molecule has 0 aliphatic heterocycles. The number of nitrogens with one attached hydrogen (secondary N) is 1. The van der Waals surface area contributed by atoms with Crippen LogP contribution in [0.5, 0.6) is 0 Å². The molecular weight excluding hydrogens is 286 g/mol. The highest BCUT2D eigenvalue weighted by atomic mass is 79.9. The average Bonchev–Trinajstić information content (AvgIpc) is 2.86. The summed E-state index contributed by atoms with van der Waals surface area (Å²) in [6, 6.07) is 6.48. The molecule has 2 aromatic rings. The lowest BCUT2D eigenvalue weighted by Crippen LogP contribution is -2.17. The Morgan fingerprint density at radius 2 is 2.38 bits per heavy atom. The number of furan rings is 1. The van der Waals surface area contributed by atoms with Gasteiger partial charge in [0.25, 0.3) is 0 Å². The quantitative estimate of drug-likeness (QED) is 0.926. The molecule has 1 unspecified atom stereocenters. The van der Waals surface area contributed by atoms with Crippen molar-refractivity contribution in [3.63, 3.8) is 0 Å². The van der Waals surface area contributed by atoms with Crippen molar-refractivity contribution in [1.82, 2.24) is 5.32 Å². The summed E-state index contributed by atoms with van der Waals surface area (Å²) in [6.45, 7) is 2.11. The normalized spacial score (nSPS) is 12.9. The van der Waals surface area contributed by atoms with E-state index in [2.05, 4.69) is 34.2 Å². The molecule has 16 heavy (non-hydrogen) atoms. The Morgan fingerprint density at radius 3 is 2.88 bits per heavy atom. The van der Waals surface area contributed by atoms with Crippen molar-refractivity contribution in [3.05, 3.63) is 44.4 Å². The van der Waals surface area contributed by atoms with Crippen LogP contribution in [-0.2, 0) is 6.42 Å². The van der Waals surface area contributed by atoms with Crippen LogP contribution in [0, 0.1) is 6.92 Å². The minimum atomic E-state index is 0.321. The zero-order valence-corrected chi connectivity index (χ0v) is 11.7. The van der Waals surface area contributed by atoms with E-state index < -0.39 is 0 Å². The standard InChI is InChI=1S/C12H14BrNOS/c1-8-6-11(16-12(8)13)10(14-2)7-9-4-3-5-15-9/h3-6,10,14H,7H2,1-2H3. The van der Waals surface area contributed by atoms with Crippen molar-refractivity contribution in [1.29, 1.82) is 0 Å². The SMILES string of the molecule is CNC(Cc1ccco1)c1cc(C)c(Br)s1. The molecule has 0 amide bonds. The van der Waals surface area contributed by atoms with Crippen LogP contribution in [0.3, 0.4) is 0 Å². The van der Waals surface area contributed by atoms with Crippen LogP contribution in [0.2, 0.25) is 0 Å². The molecule has 0 saturated heterocycles. The highest BCUT2D eigenvalue weighted by molar-refractivity contribution is 9.11. The Kier molecular flexibility index (Phi) is 3.84. The molecule has 2 nitrogen and oxygen atoms in total. The molecule has 0 bridgehead atoms. The monoisotopic (exact) mass is 299 g/mol. The lowest BCUT2D eigenvalue weighted by molar-refractivity contribution is 0.468. The third kappa shape index (κ3) is 2.56. The summed E-state index contributed by atoms with van der Waals surface area (Å²) in [6.07, 6.45) is 2.60. The van der Waals surface area contributed by atoms with E-state index in [-0.39, 0.29) is 0 Å². The average molecular weight is 300 g/mol. The van der Waals surface area contributed by atoms with E-state index in [1.807, 2.05) is 19.2 Å².